The molecule has 0 aliphatic heterocycles. The summed E-state index contributed by atoms with van der Waals surface area (Å²) < 4.78 is 0.0925. The Hall–Kier alpha value is -3.18. The quantitative estimate of drug-likeness (QED) is 0.345. The van der Waals surface area contributed by atoms with E-state index in [4.69, 9.17) is 0 Å². The normalized spacial score (nSPS) is 10.8. The lowest BCUT2D eigenvalue weighted by Gasteiger charge is -2.05. The summed E-state index contributed by atoms with van der Waals surface area (Å²) in [5.74, 6) is -1.12. The highest BCUT2D eigenvalue weighted by Gasteiger charge is 2.18. The van der Waals surface area contributed by atoms with E-state index in [0.717, 1.165) is 11.6 Å². The minimum absolute atomic E-state index is 0.0925. The Morgan fingerprint density at radius 2 is 2.04 bits per heavy atom. The number of halogens is 1. The first-order chi connectivity index (χ1) is 11.9. The van der Waals surface area contributed by atoms with Gasteiger partial charge in [0.05, 0.1) is 9.40 Å². The third-order valence-electron chi connectivity index (χ3n) is 3.23. The van der Waals surface area contributed by atoms with Crippen molar-refractivity contribution in [3.8, 4) is 11.8 Å². The Balaban J connectivity index is 2.23. The van der Waals surface area contributed by atoms with Gasteiger partial charge in [-0.25, -0.2) is 0 Å². The Morgan fingerprint density at radius 3 is 2.64 bits per heavy atom. The van der Waals surface area contributed by atoms with Gasteiger partial charge in [0.25, 0.3) is 5.91 Å². The van der Waals surface area contributed by atoms with E-state index in [1.165, 1.54) is 12.1 Å². The summed E-state index contributed by atoms with van der Waals surface area (Å²) in [4.78, 5) is 22.3. The van der Waals surface area contributed by atoms with Gasteiger partial charge in [-0.05, 0) is 39.2 Å². The van der Waals surface area contributed by atoms with Crippen LogP contribution >= 0.6 is 15.9 Å². The van der Waals surface area contributed by atoms with E-state index < -0.39 is 22.3 Å². The molecule has 0 aromatic heterocycles. The third-order valence-corrected chi connectivity index (χ3v) is 3.84. The van der Waals surface area contributed by atoms with Crippen LogP contribution in [0.3, 0.4) is 0 Å². The average Bonchev–Trinajstić information content (AvgIpc) is 2.61. The number of phenols is 1. The van der Waals surface area contributed by atoms with Crippen LogP contribution in [-0.2, 0) is 11.3 Å². The molecular weight excluding hydrogens is 390 g/mol. The van der Waals surface area contributed by atoms with Crippen LogP contribution < -0.4 is 5.32 Å². The lowest BCUT2D eigenvalue weighted by atomic mass is 10.1. The second-order valence-electron chi connectivity index (χ2n) is 4.97. The molecule has 1 amide bonds. The standard InChI is InChI=1S/C17H12BrN3O4/c18-14-7-12(8-15(16(14)22)21(24)25)6-13(9-19)17(23)20-10-11-4-2-1-3-5-11/h1-8,22H,10H2,(H,20,23)/b13-6-. The molecule has 0 radical (unpaired) electrons. The highest BCUT2D eigenvalue weighted by molar-refractivity contribution is 9.10. The molecule has 0 heterocycles. The number of carbonyl (C=O) groups is 1. The molecular formula is C17H12BrN3O4. The average molecular weight is 402 g/mol. The zero-order valence-electron chi connectivity index (χ0n) is 12.8. The molecule has 0 saturated carbocycles. The van der Waals surface area contributed by atoms with Crippen LogP contribution in [0, 0.1) is 21.4 Å². The van der Waals surface area contributed by atoms with Gasteiger partial charge in [0, 0.05) is 12.6 Å². The van der Waals surface area contributed by atoms with Crippen molar-refractivity contribution < 1.29 is 14.8 Å². The molecule has 0 spiro atoms. The molecule has 0 bridgehead atoms. The first kappa shape index (κ1) is 18.2. The number of nitriles is 1. The molecule has 0 atom stereocenters. The van der Waals surface area contributed by atoms with Gasteiger partial charge in [0.2, 0.25) is 5.75 Å². The van der Waals surface area contributed by atoms with Crippen molar-refractivity contribution in [1.82, 2.24) is 5.32 Å². The highest BCUT2D eigenvalue weighted by atomic mass is 79.9. The Bertz CT molecular complexity index is 889. The molecule has 25 heavy (non-hydrogen) atoms. The maximum absolute atomic E-state index is 12.1. The molecule has 2 aromatic carbocycles. The van der Waals surface area contributed by atoms with E-state index in [9.17, 15) is 25.3 Å². The molecule has 8 heteroatoms. The molecule has 126 valence electrons. The molecule has 7 nitrogen and oxygen atoms in total. The molecule has 0 aliphatic rings. The number of nitro benzene ring substituents is 1. The number of nitro groups is 1. The smallest absolute Gasteiger partial charge is 0.312 e. The fourth-order valence-electron chi connectivity index (χ4n) is 2.02. The van der Waals surface area contributed by atoms with Crippen LogP contribution in [-0.4, -0.2) is 15.9 Å². The maximum atomic E-state index is 12.1. The van der Waals surface area contributed by atoms with Gasteiger partial charge in [-0.1, -0.05) is 30.3 Å². The summed E-state index contributed by atoms with van der Waals surface area (Å²) in [6.45, 7) is 0.248. The number of hydrogen-bond donors (Lipinski definition) is 2. The Kier molecular flexibility index (Phi) is 5.87. The van der Waals surface area contributed by atoms with Gasteiger partial charge in [0.1, 0.15) is 11.6 Å². The summed E-state index contributed by atoms with van der Waals surface area (Å²) in [7, 11) is 0. The summed E-state index contributed by atoms with van der Waals surface area (Å²) in [5, 5.41) is 32.4. The summed E-state index contributed by atoms with van der Waals surface area (Å²) in [6.07, 6.45) is 1.22. The minimum atomic E-state index is -0.751. The molecule has 0 aliphatic carbocycles. The second kappa shape index (κ2) is 8.08. The van der Waals surface area contributed by atoms with Gasteiger partial charge < -0.3 is 10.4 Å². The number of rotatable bonds is 5. The predicted octanol–water partition coefficient (Wildman–Crippen LogP) is 3.29. The van der Waals surface area contributed by atoms with E-state index in [1.54, 1.807) is 6.07 Å². The second-order valence-corrected chi connectivity index (χ2v) is 5.82. The van der Waals surface area contributed by atoms with Crippen molar-refractivity contribution in [2.75, 3.05) is 0 Å². The van der Waals surface area contributed by atoms with Crippen molar-refractivity contribution in [2.24, 2.45) is 0 Å². The fraction of sp³-hybridized carbons (Fsp3) is 0.0588. The van der Waals surface area contributed by atoms with E-state index >= 15 is 0 Å². The van der Waals surface area contributed by atoms with Gasteiger partial charge in [-0.2, -0.15) is 5.26 Å². The summed E-state index contributed by atoms with van der Waals surface area (Å²) in [6, 6.07) is 13.4. The highest BCUT2D eigenvalue weighted by Crippen LogP contribution is 2.35. The fourth-order valence-corrected chi connectivity index (χ4v) is 2.48. The van der Waals surface area contributed by atoms with Crippen molar-refractivity contribution in [3.63, 3.8) is 0 Å². The maximum Gasteiger partial charge on any atom is 0.312 e. The molecule has 2 N–H and O–H groups in total. The number of carbonyl (C=O) groups excluding carboxylic acids is 1. The van der Waals surface area contributed by atoms with Crippen LogP contribution in [0.25, 0.3) is 6.08 Å². The lowest BCUT2D eigenvalue weighted by molar-refractivity contribution is -0.386. The summed E-state index contributed by atoms with van der Waals surface area (Å²) in [5.41, 5.74) is 0.379. The number of amides is 1. The SMILES string of the molecule is N#C/C(=C/c1cc(Br)c(O)c([N+](=O)[O-])c1)C(=O)NCc1ccccc1. The number of hydrogen-bond acceptors (Lipinski definition) is 5. The first-order valence-electron chi connectivity index (χ1n) is 7.03. The van der Waals surface area contributed by atoms with Gasteiger partial charge in [-0.3, -0.25) is 14.9 Å². The molecule has 0 saturated heterocycles. The van der Waals surface area contributed by atoms with E-state index in [0.29, 0.717) is 0 Å². The van der Waals surface area contributed by atoms with Crippen LogP contribution in [0.2, 0.25) is 0 Å². The lowest BCUT2D eigenvalue weighted by Crippen LogP contribution is -2.23. The topological polar surface area (TPSA) is 116 Å². The van der Waals surface area contributed by atoms with Crippen LogP contribution in [0.1, 0.15) is 11.1 Å². The Morgan fingerprint density at radius 1 is 1.36 bits per heavy atom. The summed E-state index contributed by atoms with van der Waals surface area (Å²) >= 11 is 3.01. The van der Waals surface area contributed by atoms with Gasteiger partial charge in [-0.15, -0.1) is 0 Å². The van der Waals surface area contributed by atoms with Crippen molar-refractivity contribution in [2.45, 2.75) is 6.54 Å². The monoisotopic (exact) mass is 401 g/mol. The van der Waals surface area contributed by atoms with E-state index in [2.05, 4.69) is 21.2 Å². The molecule has 0 unspecified atom stereocenters. The number of benzene rings is 2. The van der Waals surface area contributed by atoms with E-state index in [-0.39, 0.29) is 22.2 Å². The Labute approximate surface area is 151 Å². The van der Waals surface area contributed by atoms with Crippen LogP contribution in [0.15, 0.2) is 52.5 Å². The van der Waals surface area contributed by atoms with E-state index in [1.807, 2.05) is 30.3 Å². The number of nitrogens with one attached hydrogen (secondary N) is 1. The van der Waals surface area contributed by atoms with Crippen LogP contribution in [0.4, 0.5) is 5.69 Å². The zero-order valence-corrected chi connectivity index (χ0v) is 14.4. The molecule has 2 rings (SSSR count). The first-order valence-corrected chi connectivity index (χ1v) is 7.82. The van der Waals surface area contributed by atoms with Crippen molar-refractivity contribution >= 4 is 33.6 Å². The zero-order chi connectivity index (χ0) is 18.4. The predicted molar refractivity (Wildman–Crippen MR) is 94.3 cm³/mol. The van der Waals surface area contributed by atoms with Crippen molar-refractivity contribution in [1.29, 1.82) is 5.26 Å². The van der Waals surface area contributed by atoms with Gasteiger partial charge >= 0.3 is 5.69 Å². The minimum Gasteiger partial charge on any atom is -0.501 e. The molecule has 2 aromatic rings. The van der Waals surface area contributed by atoms with Gasteiger partial charge in [0.15, 0.2) is 0 Å². The van der Waals surface area contributed by atoms with Crippen LogP contribution in [0.5, 0.6) is 5.75 Å². The van der Waals surface area contributed by atoms with Crippen molar-refractivity contribution in [3.05, 3.63) is 73.8 Å². The molecule has 0 fully saturated rings. The largest absolute Gasteiger partial charge is 0.501 e. The number of nitrogens with zero attached hydrogens (tertiary/aromatic N) is 2. The number of phenolic OH excluding ortho intramolecular Hbond substituents is 1. The number of aromatic hydroxyl groups is 1. The third kappa shape index (κ3) is 4.65.